The summed E-state index contributed by atoms with van der Waals surface area (Å²) in [6.07, 6.45) is 0. The van der Waals surface area contributed by atoms with Crippen LogP contribution in [-0.2, 0) is 0 Å². The number of nitro benzene ring substituents is 1. The van der Waals surface area contributed by atoms with Gasteiger partial charge in [-0.05, 0) is 26.8 Å². The fourth-order valence-electron chi connectivity index (χ4n) is 1.70. The Morgan fingerprint density at radius 2 is 2.16 bits per heavy atom. The van der Waals surface area contributed by atoms with Gasteiger partial charge in [0.25, 0.3) is 5.69 Å². The molecule has 1 atom stereocenters. The second kappa shape index (κ2) is 6.55. The number of benzene rings is 1. The number of rotatable bonds is 6. The van der Waals surface area contributed by atoms with Gasteiger partial charge in [0.05, 0.1) is 15.9 Å². The molecule has 0 aliphatic heterocycles. The molecule has 1 N–H and O–H groups in total. The van der Waals surface area contributed by atoms with E-state index in [1.54, 1.807) is 25.1 Å². The van der Waals surface area contributed by atoms with E-state index in [1.807, 2.05) is 13.8 Å². The number of hydrogen-bond acceptors (Lipinski definition) is 5. The maximum Gasteiger partial charge on any atom is 0.282 e. The van der Waals surface area contributed by atoms with Gasteiger partial charge >= 0.3 is 0 Å². The summed E-state index contributed by atoms with van der Waals surface area (Å²) in [5.41, 5.74) is -0.625. The number of nitriles is 1. The molecule has 102 valence electrons. The van der Waals surface area contributed by atoms with Crippen molar-refractivity contribution in [2.45, 2.75) is 37.2 Å². The second-order valence-electron chi connectivity index (χ2n) is 4.76. The Kier molecular flexibility index (Phi) is 5.33. The van der Waals surface area contributed by atoms with Crippen molar-refractivity contribution < 1.29 is 4.92 Å². The minimum atomic E-state index is -0.706. The van der Waals surface area contributed by atoms with Gasteiger partial charge in [0.15, 0.2) is 0 Å². The molecule has 0 bridgehead atoms. The van der Waals surface area contributed by atoms with E-state index in [0.29, 0.717) is 10.6 Å². The molecule has 5 nitrogen and oxygen atoms in total. The fraction of sp³-hybridized carbons (Fsp3) is 0.462. The molecule has 0 amide bonds. The van der Waals surface area contributed by atoms with Crippen LogP contribution < -0.4 is 5.32 Å². The standard InChI is InChI=1S/C13H17N3O2S/c1-10(2)15-13(3,8-14)9-19-12-7-5-4-6-11(12)16(17)18/h4-7,10,15H,9H2,1-3H3. The molecule has 1 unspecified atom stereocenters. The number of nitro groups is 1. The highest BCUT2D eigenvalue weighted by atomic mass is 32.2. The van der Waals surface area contributed by atoms with Gasteiger partial charge in [-0.1, -0.05) is 12.1 Å². The molecule has 0 fully saturated rings. The maximum atomic E-state index is 10.9. The smallest absolute Gasteiger partial charge is 0.282 e. The molecule has 0 saturated heterocycles. The predicted octanol–water partition coefficient (Wildman–Crippen LogP) is 2.97. The summed E-state index contributed by atoms with van der Waals surface area (Å²) in [4.78, 5) is 11.1. The maximum absolute atomic E-state index is 10.9. The topological polar surface area (TPSA) is 79.0 Å². The third-order valence-electron chi connectivity index (χ3n) is 2.43. The van der Waals surface area contributed by atoms with Crippen LogP contribution in [0.15, 0.2) is 29.2 Å². The van der Waals surface area contributed by atoms with Gasteiger partial charge in [0.2, 0.25) is 0 Å². The van der Waals surface area contributed by atoms with Crippen LogP contribution in [0.4, 0.5) is 5.69 Å². The largest absolute Gasteiger partial charge is 0.297 e. The normalized spacial score (nSPS) is 13.8. The van der Waals surface area contributed by atoms with Crippen LogP contribution >= 0.6 is 11.8 Å². The minimum Gasteiger partial charge on any atom is -0.297 e. The highest BCUT2D eigenvalue weighted by Crippen LogP contribution is 2.30. The van der Waals surface area contributed by atoms with Crippen molar-refractivity contribution in [2.24, 2.45) is 0 Å². The van der Waals surface area contributed by atoms with Crippen molar-refractivity contribution in [2.75, 3.05) is 5.75 Å². The van der Waals surface area contributed by atoms with Gasteiger partial charge < -0.3 is 0 Å². The van der Waals surface area contributed by atoms with Crippen molar-refractivity contribution >= 4 is 17.4 Å². The van der Waals surface area contributed by atoms with E-state index in [9.17, 15) is 15.4 Å². The molecule has 0 aromatic heterocycles. The van der Waals surface area contributed by atoms with E-state index < -0.39 is 10.5 Å². The summed E-state index contributed by atoms with van der Waals surface area (Å²) in [6.45, 7) is 5.73. The van der Waals surface area contributed by atoms with E-state index in [0.717, 1.165) is 0 Å². The Hall–Kier alpha value is -1.58. The predicted molar refractivity (Wildman–Crippen MR) is 76.1 cm³/mol. The van der Waals surface area contributed by atoms with Crippen LogP contribution in [0.1, 0.15) is 20.8 Å². The average Bonchev–Trinajstić information content (AvgIpc) is 2.36. The lowest BCUT2D eigenvalue weighted by Gasteiger charge is -2.25. The average molecular weight is 279 g/mol. The zero-order valence-electron chi connectivity index (χ0n) is 11.2. The van der Waals surface area contributed by atoms with Crippen molar-refractivity contribution in [1.29, 1.82) is 5.26 Å². The van der Waals surface area contributed by atoms with Crippen molar-refractivity contribution in [3.8, 4) is 6.07 Å². The van der Waals surface area contributed by atoms with E-state index in [-0.39, 0.29) is 11.7 Å². The molecular weight excluding hydrogens is 262 g/mol. The first-order chi connectivity index (χ1) is 8.88. The molecule has 0 spiro atoms. The lowest BCUT2D eigenvalue weighted by Crippen LogP contribution is -2.47. The Morgan fingerprint density at radius 1 is 1.53 bits per heavy atom. The number of para-hydroxylation sites is 1. The highest BCUT2D eigenvalue weighted by molar-refractivity contribution is 7.99. The van der Waals surface area contributed by atoms with E-state index >= 15 is 0 Å². The zero-order valence-corrected chi connectivity index (χ0v) is 12.0. The highest BCUT2D eigenvalue weighted by Gasteiger charge is 2.26. The number of nitrogens with zero attached hydrogens (tertiary/aromatic N) is 2. The molecule has 0 aliphatic rings. The Bertz CT molecular complexity index is 499. The molecule has 19 heavy (non-hydrogen) atoms. The number of hydrogen-bond donors (Lipinski definition) is 1. The van der Waals surface area contributed by atoms with Gasteiger partial charge in [-0.25, -0.2) is 0 Å². The molecule has 1 aromatic carbocycles. The molecule has 0 radical (unpaired) electrons. The van der Waals surface area contributed by atoms with Crippen LogP contribution in [-0.4, -0.2) is 22.3 Å². The van der Waals surface area contributed by atoms with Crippen LogP contribution in [0.3, 0.4) is 0 Å². The quantitative estimate of drug-likeness (QED) is 0.492. The van der Waals surface area contributed by atoms with Crippen molar-refractivity contribution in [1.82, 2.24) is 5.32 Å². The van der Waals surface area contributed by atoms with E-state index in [2.05, 4.69) is 11.4 Å². The molecule has 1 aromatic rings. The van der Waals surface area contributed by atoms with Crippen LogP contribution in [0.25, 0.3) is 0 Å². The van der Waals surface area contributed by atoms with Gasteiger partial charge in [0, 0.05) is 17.9 Å². The van der Waals surface area contributed by atoms with Gasteiger partial charge in [0.1, 0.15) is 5.54 Å². The monoisotopic (exact) mass is 279 g/mol. The molecule has 1 rings (SSSR count). The summed E-state index contributed by atoms with van der Waals surface area (Å²) in [6, 6.07) is 8.98. The molecule has 0 aliphatic carbocycles. The third kappa shape index (κ3) is 4.54. The Labute approximate surface area is 117 Å². The van der Waals surface area contributed by atoms with Crippen LogP contribution in [0.2, 0.25) is 0 Å². The first kappa shape index (κ1) is 15.5. The summed E-state index contributed by atoms with van der Waals surface area (Å²) in [7, 11) is 0. The summed E-state index contributed by atoms with van der Waals surface area (Å²) in [5, 5.41) is 23.3. The molecule has 0 saturated carbocycles. The van der Waals surface area contributed by atoms with E-state index in [1.165, 1.54) is 17.8 Å². The second-order valence-corrected chi connectivity index (χ2v) is 5.77. The minimum absolute atomic E-state index is 0.0809. The SMILES string of the molecule is CC(C)NC(C)(C#N)CSc1ccccc1[N+](=O)[O-]. The summed E-state index contributed by atoms with van der Waals surface area (Å²) < 4.78 is 0. The number of thioether (sulfide) groups is 1. The van der Waals surface area contributed by atoms with Gasteiger partial charge in [-0.15, -0.1) is 11.8 Å². The molecule has 0 heterocycles. The van der Waals surface area contributed by atoms with Gasteiger partial charge in [-0.2, -0.15) is 5.26 Å². The lowest BCUT2D eigenvalue weighted by atomic mass is 10.1. The number of nitrogens with one attached hydrogen (secondary N) is 1. The first-order valence-corrected chi connectivity index (χ1v) is 6.92. The third-order valence-corrected chi connectivity index (χ3v) is 3.81. The first-order valence-electron chi connectivity index (χ1n) is 5.93. The summed E-state index contributed by atoms with van der Waals surface area (Å²) >= 11 is 1.32. The van der Waals surface area contributed by atoms with Gasteiger partial charge in [-0.3, -0.25) is 15.4 Å². The van der Waals surface area contributed by atoms with Crippen molar-refractivity contribution in [3.05, 3.63) is 34.4 Å². The van der Waals surface area contributed by atoms with Crippen LogP contribution in [0.5, 0.6) is 0 Å². The molecular formula is C13H17N3O2S. The molecule has 6 heteroatoms. The lowest BCUT2D eigenvalue weighted by molar-refractivity contribution is -0.387. The van der Waals surface area contributed by atoms with Crippen LogP contribution in [0, 0.1) is 21.4 Å². The van der Waals surface area contributed by atoms with Crippen molar-refractivity contribution in [3.63, 3.8) is 0 Å². The summed E-state index contributed by atoms with van der Waals surface area (Å²) in [5.74, 6) is 0.451. The van der Waals surface area contributed by atoms with E-state index in [4.69, 9.17) is 0 Å². The Morgan fingerprint density at radius 3 is 2.68 bits per heavy atom. The Balaban J connectivity index is 2.81. The fourth-order valence-corrected chi connectivity index (χ4v) is 2.75. The zero-order chi connectivity index (χ0) is 14.5.